The second-order valence-corrected chi connectivity index (χ2v) is 6.04. The van der Waals surface area contributed by atoms with Crippen molar-refractivity contribution >= 4 is 21.8 Å². The first-order valence-corrected chi connectivity index (χ1v) is 7.25. The molecule has 0 heterocycles. The second-order valence-electron chi connectivity index (χ2n) is 5.13. The molecule has 0 atom stereocenters. The number of hydrogen-bond acceptors (Lipinski definition) is 3. The van der Waals surface area contributed by atoms with E-state index in [0.29, 0.717) is 16.9 Å². The van der Waals surface area contributed by atoms with Gasteiger partial charge in [0.2, 0.25) is 0 Å². The summed E-state index contributed by atoms with van der Waals surface area (Å²) in [5.74, 6) is -0.289. The summed E-state index contributed by atoms with van der Waals surface area (Å²) in [6.45, 7) is 0.409. The van der Waals surface area contributed by atoms with Gasteiger partial charge in [0.05, 0.1) is 6.10 Å². The van der Waals surface area contributed by atoms with E-state index in [0.717, 1.165) is 12.8 Å². The molecule has 1 aliphatic rings. The summed E-state index contributed by atoms with van der Waals surface area (Å²) in [5, 5.41) is 9.20. The zero-order chi connectivity index (χ0) is 14.7. The van der Waals surface area contributed by atoms with Gasteiger partial charge in [-0.15, -0.1) is 0 Å². The Morgan fingerprint density at radius 3 is 2.85 bits per heavy atom. The number of benzene rings is 1. The lowest BCUT2D eigenvalue weighted by molar-refractivity contribution is -0.133. The molecule has 0 radical (unpaired) electrons. The van der Waals surface area contributed by atoms with Gasteiger partial charge in [0.25, 0.3) is 5.91 Å². The number of nitrogens with zero attached hydrogens (tertiary/aromatic N) is 1. The van der Waals surface area contributed by atoms with Gasteiger partial charge in [-0.3, -0.25) is 4.79 Å². The Morgan fingerprint density at radius 1 is 1.55 bits per heavy atom. The third kappa shape index (κ3) is 3.93. The Labute approximate surface area is 125 Å². The Bertz CT molecular complexity index is 491. The van der Waals surface area contributed by atoms with Crippen molar-refractivity contribution in [3.63, 3.8) is 0 Å². The molecule has 20 heavy (non-hydrogen) atoms. The van der Waals surface area contributed by atoms with Gasteiger partial charge in [-0.1, -0.05) is 15.9 Å². The molecule has 110 valence electrons. The number of carbonyl (C=O) groups excluding carboxylic acids is 1. The highest BCUT2D eigenvalue weighted by molar-refractivity contribution is 9.10. The van der Waals surface area contributed by atoms with Crippen LogP contribution in [0.25, 0.3) is 0 Å². The van der Waals surface area contributed by atoms with E-state index in [1.54, 1.807) is 18.0 Å². The number of rotatable bonds is 5. The van der Waals surface area contributed by atoms with E-state index in [4.69, 9.17) is 4.74 Å². The van der Waals surface area contributed by atoms with Crippen LogP contribution in [0.15, 0.2) is 22.7 Å². The van der Waals surface area contributed by atoms with Crippen LogP contribution in [0.1, 0.15) is 12.8 Å². The summed E-state index contributed by atoms with van der Waals surface area (Å²) in [6, 6.07) is 4.43. The van der Waals surface area contributed by atoms with Gasteiger partial charge in [-0.2, -0.15) is 0 Å². The summed E-state index contributed by atoms with van der Waals surface area (Å²) in [5.41, 5.74) is 0. The maximum atomic E-state index is 13.5. The highest BCUT2D eigenvalue weighted by atomic mass is 79.9. The number of carbonyl (C=O) groups is 1. The van der Waals surface area contributed by atoms with E-state index < -0.39 is 5.82 Å². The molecule has 0 aliphatic heterocycles. The van der Waals surface area contributed by atoms with Gasteiger partial charge < -0.3 is 14.7 Å². The van der Waals surface area contributed by atoms with E-state index in [-0.39, 0.29) is 24.4 Å². The molecule has 1 aromatic rings. The number of aliphatic hydroxyl groups is 1. The summed E-state index contributed by atoms with van der Waals surface area (Å²) < 4.78 is 19.3. The zero-order valence-electron chi connectivity index (χ0n) is 11.2. The smallest absolute Gasteiger partial charge is 0.260 e. The minimum Gasteiger partial charge on any atom is -0.481 e. The maximum Gasteiger partial charge on any atom is 0.260 e. The predicted molar refractivity (Wildman–Crippen MR) is 76.0 cm³/mol. The van der Waals surface area contributed by atoms with Crippen molar-refractivity contribution in [3.8, 4) is 5.75 Å². The fourth-order valence-corrected chi connectivity index (χ4v) is 2.51. The van der Waals surface area contributed by atoms with Crippen molar-refractivity contribution in [1.82, 2.24) is 4.90 Å². The summed E-state index contributed by atoms with van der Waals surface area (Å²) in [6.07, 6.45) is 1.25. The summed E-state index contributed by atoms with van der Waals surface area (Å²) >= 11 is 3.15. The van der Waals surface area contributed by atoms with E-state index >= 15 is 0 Å². The number of ether oxygens (including phenoxy) is 1. The van der Waals surface area contributed by atoms with E-state index in [9.17, 15) is 14.3 Å². The van der Waals surface area contributed by atoms with Crippen molar-refractivity contribution < 1.29 is 19.0 Å². The lowest BCUT2D eigenvalue weighted by atomic mass is 9.82. The molecule has 1 fully saturated rings. The maximum absolute atomic E-state index is 13.5. The highest BCUT2D eigenvalue weighted by Crippen LogP contribution is 2.27. The fraction of sp³-hybridized carbons (Fsp3) is 0.500. The van der Waals surface area contributed by atoms with Crippen LogP contribution in [0.3, 0.4) is 0 Å². The van der Waals surface area contributed by atoms with Gasteiger partial charge in [-0.05, 0) is 37.0 Å². The molecule has 6 heteroatoms. The average molecular weight is 346 g/mol. The molecule has 1 N–H and O–H groups in total. The third-order valence-corrected chi connectivity index (χ3v) is 3.91. The third-order valence-electron chi connectivity index (χ3n) is 3.41. The van der Waals surface area contributed by atoms with Crippen LogP contribution < -0.4 is 4.74 Å². The van der Waals surface area contributed by atoms with E-state index in [1.807, 2.05) is 0 Å². The van der Waals surface area contributed by atoms with E-state index in [1.165, 1.54) is 12.1 Å². The quantitative estimate of drug-likeness (QED) is 0.889. The minimum atomic E-state index is -0.503. The average Bonchev–Trinajstić information content (AvgIpc) is 2.35. The predicted octanol–water partition coefficient (Wildman–Crippen LogP) is 2.20. The first kappa shape index (κ1) is 15.3. The van der Waals surface area contributed by atoms with Crippen molar-refractivity contribution in [2.45, 2.75) is 18.9 Å². The normalized spacial score (nSPS) is 21.2. The molecule has 4 nitrogen and oxygen atoms in total. The lowest BCUT2D eigenvalue weighted by Gasteiger charge is -2.34. The number of aliphatic hydroxyl groups excluding tert-OH is 1. The molecule has 1 aromatic carbocycles. The van der Waals surface area contributed by atoms with Crippen LogP contribution in [0, 0.1) is 11.7 Å². The molecule has 0 saturated heterocycles. The molecule has 0 aromatic heterocycles. The Kier molecular flexibility index (Phi) is 4.99. The standard InChI is InChI=1S/C14H17BrFNO3/c1-17(7-9-4-11(18)5-9)14(19)8-20-13-3-2-10(15)6-12(13)16/h2-3,6,9,11,18H,4-5,7-8H2,1H3. The summed E-state index contributed by atoms with van der Waals surface area (Å²) in [4.78, 5) is 13.4. The van der Waals surface area contributed by atoms with Gasteiger partial charge in [0.15, 0.2) is 18.2 Å². The zero-order valence-corrected chi connectivity index (χ0v) is 12.8. The topological polar surface area (TPSA) is 49.8 Å². The number of hydrogen-bond donors (Lipinski definition) is 1. The van der Waals surface area contributed by atoms with E-state index in [2.05, 4.69) is 15.9 Å². The van der Waals surface area contributed by atoms with Gasteiger partial charge in [-0.25, -0.2) is 4.39 Å². The van der Waals surface area contributed by atoms with Gasteiger partial charge in [0.1, 0.15) is 0 Å². The van der Waals surface area contributed by atoms with Crippen molar-refractivity contribution in [1.29, 1.82) is 0 Å². The SMILES string of the molecule is CN(CC1CC(O)C1)C(=O)COc1ccc(Br)cc1F. The first-order chi connectivity index (χ1) is 9.45. The van der Waals surface area contributed by atoms with Crippen molar-refractivity contribution in [2.75, 3.05) is 20.2 Å². The number of halogens is 2. The largest absolute Gasteiger partial charge is 0.481 e. The Balaban J connectivity index is 1.79. The molecule has 0 spiro atoms. The molecule has 1 aliphatic carbocycles. The summed E-state index contributed by atoms with van der Waals surface area (Å²) in [7, 11) is 1.69. The van der Waals surface area contributed by atoms with Crippen LogP contribution in [0.4, 0.5) is 4.39 Å². The van der Waals surface area contributed by atoms with Gasteiger partial charge in [0, 0.05) is 18.1 Å². The molecule has 2 rings (SSSR count). The van der Waals surface area contributed by atoms with Crippen LogP contribution in [0.5, 0.6) is 5.75 Å². The second kappa shape index (κ2) is 6.54. The molecular formula is C14H17BrFNO3. The van der Waals surface area contributed by atoms with Gasteiger partial charge >= 0.3 is 0 Å². The molecule has 1 saturated carbocycles. The lowest BCUT2D eigenvalue weighted by Crippen LogP contribution is -2.41. The van der Waals surface area contributed by atoms with Crippen molar-refractivity contribution in [2.24, 2.45) is 5.92 Å². The first-order valence-electron chi connectivity index (χ1n) is 6.45. The number of likely N-dealkylation sites (N-methyl/N-ethyl adjacent to an activating group) is 1. The monoisotopic (exact) mass is 345 g/mol. The molecular weight excluding hydrogens is 329 g/mol. The molecule has 0 unspecified atom stereocenters. The Morgan fingerprint density at radius 2 is 2.25 bits per heavy atom. The Hall–Kier alpha value is -1.14. The fourth-order valence-electron chi connectivity index (χ4n) is 2.18. The molecule has 0 bridgehead atoms. The number of amides is 1. The van der Waals surface area contributed by atoms with Crippen molar-refractivity contribution in [3.05, 3.63) is 28.5 Å². The van der Waals surface area contributed by atoms with Crippen LogP contribution in [-0.2, 0) is 4.79 Å². The molecule has 1 amide bonds. The minimum absolute atomic E-state index is 0.0639. The highest BCUT2D eigenvalue weighted by Gasteiger charge is 2.29. The van der Waals surface area contributed by atoms with Crippen LogP contribution in [-0.4, -0.2) is 42.2 Å². The van der Waals surface area contributed by atoms with Crippen LogP contribution in [0.2, 0.25) is 0 Å². The van der Waals surface area contributed by atoms with Crippen LogP contribution >= 0.6 is 15.9 Å².